The second kappa shape index (κ2) is 17.3. The quantitative estimate of drug-likeness (QED) is 0.133. The van der Waals surface area contributed by atoms with E-state index in [4.69, 9.17) is 0 Å². The lowest BCUT2D eigenvalue weighted by molar-refractivity contribution is 0.768. The van der Waals surface area contributed by atoms with Crippen LogP contribution in [-0.4, -0.2) is 4.57 Å². The minimum absolute atomic E-state index is 0.567. The van der Waals surface area contributed by atoms with Crippen LogP contribution < -0.4 is 4.90 Å². The fourth-order valence-electron chi connectivity index (χ4n) is 11.6. The van der Waals surface area contributed by atoms with Crippen LogP contribution in [0.2, 0.25) is 0 Å². The molecule has 1 aromatic heterocycles. The molecule has 0 saturated heterocycles. The van der Waals surface area contributed by atoms with Gasteiger partial charge in [-0.3, -0.25) is 0 Å². The highest BCUT2D eigenvalue weighted by Gasteiger charge is 2.46. The third-order valence-electron chi connectivity index (χ3n) is 15.1. The Morgan fingerprint density at radius 2 is 0.931 bits per heavy atom. The van der Waals surface area contributed by atoms with Gasteiger partial charge in [-0.25, -0.2) is 0 Å². The van der Waals surface area contributed by atoms with Crippen LogP contribution in [0.4, 0.5) is 17.1 Å². The third-order valence-corrected chi connectivity index (χ3v) is 15.1. The van der Waals surface area contributed by atoms with Crippen molar-refractivity contribution < 1.29 is 0 Å². The van der Waals surface area contributed by atoms with Crippen LogP contribution in [0.25, 0.3) is 83.8 Å². The Morgan fingerprint density at radius 3 is 1.60 bits per heavy atom. The topological polar surface area (TPSA) is 8.17 Å². The number of rotatable bonds is 10. The molecule has 1 aliphatic rings. The predicted molar refractivity (Wildman–Crippen MR) is 306 cm³/mol. The van der Waals surface area contributed by atoms with Crippen LogP contribution in [0.1, 0.15) is 38.9 Å². The van der Waals surface area contributed by atoms with E-state index in [1.54, 1.807) is 0 Å². The number of hydrogen-bond acceptors (Lipinski definition) is 1. The number of para-hydroxylation sites is 1. The van der Waals surface area contributed by atoms with Crippen LogP contribution >= 0.6 is 0 Å². The van der Waals surface area contributed by atoms with Gasteiger partial charge in [0.25, 0.3) is 0 Å². The first kappa shape index (κ1) is 42.8. The minimum Gasteiger partial charge on any atom is -0.310 e. The Kier molecular flexibility index (Phi) is 10.3. The lowest BCUT2D eigenvalue weighted by atomic mass is 9.67. The maximum atomic E-state index is 4.09. The normalized spacial score (nSPS) is 13.8. The number of aryl methyl sites for hydroxylation is 1. The summed E-state index contributed by atoms with van der Waals surface area (Å²) in [5.41, 5.74) is 21.9. The van der Waals surface area contributed by atoms with Crippen molar-refractivity contribution in [3.63, 3.8) is 0 Å². The molecule has 1 unspecified atom stereocenters. The van der Waals surface area contributed by atoms with Crippen LogP contribution in [0.3, 0.4) is 0 Å². The molecule has 0 bridgehead atoms. The zero-order valence-corrected chi connectivity index (χ0v) is 40.1. The standard InChI is InChI=1S/C70H50N2/c1-4-48-24-28-50(29-25-48)53-32-42-68-63(44-53)64-45-54(33-43-69(64)72(68)57-16-7-6-8-17-57)51-30-38-58(39-31-51)71(67-21-13-15-52-14-9-10-18-60(52)67)59-40-41-62-61-19-11-12-20-65(61)70(66(62)46-59,55-34-22-47(3)23-35-55)56-36-26-49(5-2)27-37-56/h4-46H,1-2H2,3H3. The molecule has 1 atom stereocenters. The molecule has 340 valence electrons. The molecule has 0 radical (unpaired) electrons. The van der Waals surface area contributed by atoms with Gasteiger partial charge < -0.3 is 9.47 Å². The Hall–Kier alpha value is -9.24. The Labute approximate surface area is 421 Å². The van der Waals surface area contributed by atoms with Crippen molar-refractivity contribution in [1.82, 2.24) is 4.57 Å². The van der Waals surface area contributed by atoms with Crippen molar-refractivity contribution in [3.8, 4) is 39.1 Å². The van der Waals surface area contributed by atoms with E-state index < -0.39 is 5.41 Å². The first-order valence-electron chi connectivity index (χ1n) is 24.8. The highest BCUT2D eigenvalue weighted by atomic mass is 15.1. The molecule has 2 heteroatoms. The number of hydrogen-bond donors (Lipinski definition) is 0. The van der Waals surface area contributed by atoms with Gasteiger partial charge in [0.15, 0.2) is 0 Å². The summed E-state index contributed by atoms with van der Waals surface area (Å²) in [6, 6.07) is 92.0. The monoisotopic (exact) mass is 918 g/mol. The van der Waals surface area contributed by atoms with Crippen molar-refractivity contribution in [2.45, 2.75) is 12.3 Å². The van der Waals surface area contributed by atoms with Crippen LogP contribution in [-0.2, 0) is 5.41 Å². The van der Waals surface area contributed by atoms with Crippen molar-refractivity contribution >= 4 is 61.8 Å². The molecule has 0 amide bonds. The molecule has 1 aliphatic carbocycles. The van der Waals surface area contributed by atoms with E-state index in [1.165, 1.54) is 88.2 Å². The highest BCUT2D eigenvalue weighted by Crippen LogP contribution is 2.57. The minimum atomic E-state index is -0.567. The lowest BCUT2D eigenvalue weighted by Gasteiger charge is -2.35. The number of aromatic nitrogens is 1. The smallest absolute Gasteiger partial charge is 0.0714 e. The largest absolute Gasteiger partial charge is 0.310 e. The molecule has 0 spiro atoms. The number of benzene rings is 11. The molecule has 11 aromatic carbocycles. The fourth-order valence-corrected chi connectivity index (χ4v) is 11.6. The number of nitrogens with zero attached hydrogens (tertiary/aromatic N) is 2. The summed E-state index contributed by atoms with van der Waals surface area (Å²) in [5.74, 6) is 0. The van der Waals surface area contributed by atoms with Gasteiger partial charge in [0.05, 0.1) is 22.1 Å². The highest BCUT2D eigenvalue weighted by molar-refractivity contribution is 6.12. The summed E-state index contributed by atoms with van der Waals surface area (Å²) in [5, 5.41) is 4.82. The molecule has 72 heavy (non-hydrogen) atoms. The second-order valence-electron chi connectivity index (χ2n) is 19.1. The Morgan fingerprint density at radius 1 is 0.403 bits per heavy atom. The van der Waals surface area contributed by atoms with Gasteiger partial charge in [0.2, 0.25) is 0 Å². The van der Waals surface area contributed by atoms with Crippen molar-refractivity contribution in [3.05, 3.63) is 301 Å². The van der Waals surface area contributed by atoms with E-state index in [0.29, 0.717) is 0 Å². The van der Waals surface area contributed by atoms with Gasteiger partial charge in [0.1, 0.15) is 0 Å². The molecule has 2 nitrogen and oxygen atoms in total. The predicted octanol–water partition coefficient (Wildman–Crippen LogP) is 18.7. The van der Waals surface area contributed by atoms with Gasteiger partial charge in [-0.15, -0.1) is 0 Å². The summed E-state index contributed by atoms with van der Waals surface area (Å²) in [6.45, 7) is 10.2. The zero-order chi connectivity index (χ0) is 48.3. The molecule has 12 aromatic rings. The van der Waals surface area contributed by atoms with Crippen molar-refractivity contribution in [2.75, 3.05) is 4.90 Å². The summed E-state index contributed by atoms with van der Waals surface area (Å²) in [4.78, 5) is 2.45. The average molecular weight is 919 g/mol. The maximum absolute atomic E-state index is 4.09. The first-order chi connectivity index (χ1) is 35.5. The summed E-state index contributed by atoms with van der Waals surface area (Å²) < 4.78 is 2.39. The van der Waals surface area contributed by atoms with E-state index in [-0.39, 0.29) is 0 Å². The van der Waals surface area contributed by atoms with Gasteiger partial charge in [-0.2, -0.15) is 0 Å². The van der Waals surface area contributed by atoms with Crippen LogP contribution in [0, 0.1) is 6.92 Å². The van der Waals surface area contributed by atoms with E-state index in [1.807, 2.05) is 12.2 Å². The van der Waals surface area contributed by atoms with Crippen LogP contribution in [0.15, 0.2) is 262 Å². The van der Waals surface area contributed by atoms with Crippen molar-refractivity contribution in [2.24, 2.45) is 0 Å². The van der Waals surface area contributed by atoms with E-state index in [0.717, 1.165) is 39.4 Å². The van der Waals surface area contributed by atoms with E-state index in [2.05, 4.69) is 278 Å². The Balaban J connectivity index is 0.978. The Bertz CT molecular complexity index is 4040. The second-order valence-corrected chi connectivity index (χ2v) is 19.1. The molecular weight excluding hydrogens is 869 g/mol. The molecule has 0 N–H and O–H groups in total. The average Bonchev–Trinajstić information content (AvgIpc) is 3.93. The number of fused-ring (bicyclic) bond motifs is 7. The third kappa shape index (κ3) is 6.87. The zero-order valence-electron chi connectivity index (χ0n) is 40.1. The number of anilines is 3. The van der Waals surface area contributed by atoms with Gasteiger partial charge in [-0.1, -0.05) is 213 Å². The lowest BCUT2D eigenvalue weighted by Crippen LogP contribution is -2.29. The van der Waals surface area contributed by atoms with E-state index >= 15 is 0 Å². The van der Waals surface area contributed by atoms with E-state index in [9.17, 15) is 0 Å². The molecule has 0 aliphatic heterocycles. The summed E-state index contributed by atoms with van der Waals surface area (Å²) in [7, 11) is 0. The molecule has 1 heterocycles. The maximum Gasteiger partial charge on any atom is 0.0714 e. The van der Waals surface area contributed by atoms with Gasteiger partial charge >= 0.3 is 0 Å². The van der Waals surface area contributed by atoms with Gasteiger partial charge in [-0.05, 0) is 146 Å². The molecule has 0 saturated carbocycles. The fraction of sp³-hybridized carbons (Fsp3) is 0.0286. The first-order valence-corrected chi connectivity index (χ1v) is 24.8. The summed E-state index contributed by atoms with van der Waals surface area (Å²) >= 11 is 0. The van der Waals surface area contributed by atoms with Crippen molar-refractivity contribution in [1.29, 1.82) is 0 Å². The SMILES string of the molecule is C=Cc1ccc(-c2ccc3c(c2)c2cc(-c4ccc(N(c5ccc6c(c5)C(c5ccc(C)cc5)(c5ccc(C=C)cc5)c5ccccc5-6)c5cccc6ccccc56)cc4)ccc2n3-c2ccccc2)cc1. The van der Waals surface area contributed by atoms with Gasteiger partial charge in [0, 0.05) is 33.2 Å². The summed E-state index contributed by atoms with van der Waals surface area (Å²) in [6.07, 6.45) is 3.82. The molecule has 13 rings (SSSR count). The molecular formula is C70H50N2. The van der Waals surface area contributed by atoms with Crippen LogP contribution in [0.5, 0.6) is 0 Å². The molecule has 0 fully saturated rings.